The lowest BCUT2D eigenvalue weighted by atomic mass is 10.4. The molecule has 0 spiro atoms. The summed E-state index contributed by atoms with van der Waals surface area (Å²) >= 11 is 6.74. The molecule has 2 rings (SSSR count). The average Bonchev–Trinajstić information content (AvgIpc) is 2.65. The summed E-state index contributed by atoms with van der Waals surface area (Å²) in [5.41, 5.74) is 5.74. The van der Waals surface area contributed by atoms with Gasteiger partial charge >= 0.3 is 12.0 Å². The molecule has 18 heavy (non-hydrogen) atoms. The number of esters is 1. The van der Waals surface area contributed by atoms with Crippen molar-refractivity contribution < 1.29 is 13.9 Å². The van der Waals surface area contributed by atoms with Crippen LogP contribution < -0.4 is 10.5 Å². The third-order valence-corrected chi connectivity index (χ3v) is 3.40. The van der Waals surface area contributed by atoms with Crippen LogP contribution in [0.4, 0.5) is 10.2 Å². The third-order valence-electron chi connectivity index (χ3n) is 1.91. The predicted molar refractivity (Wildman–Crippen MR) is 63.2 cm³/mol. The van der Waals surface area contributed by atoms with Crippen molar-refractivity contribution in [1.82, 2.24) is 14.3 Å². The number of nitrogens with zero attached hydrogens (tertiary/aromatic N) is 3. The molecule has 0 saturated heterocycles. The Labute approximate surface area is 110 Å². The lowest BCUT2D eigenvalue weighted by molar-refractivity contribution is 0.0724. The van der Waals surface area contributed by atoms with Crippen LogP contribution in [0.15, 0.2) is 6.20 Å². The van der Waals surface area contributed by atoms with E-state index < -0.39 is 17.6 Å². The van der Waals surface area contributed by atoms with Gasteiger partial charge in [0.1, 0.15) is 0 Å². The number of aryl methyl sites for hydroxylation is 1. The fourth-order valence-corrected chi connectivity index (χ4v) is 1.96. The Hall–Kier alpha value is -1.80. The predicted octanol–water partition coefficient (Wildman–Crippen LogP) is 1.84. The molecule has 0 aliphatic heterocycles. The van der Waals surface area contributed by atoms with Crippen LogP contribution in [0.25, 0.3) is 0 Å². The van der Waals surface area contributed by atoms with Crippen molar-refractivity contribution in [2.24, 2.45) is 0 Å². The van der Waals surface area contributed by atoms with Crippen molar-refractivity contribution in [2.45, 2.75) is 6.92 Å². The summed E-state index contributed by atoms with van der Waals surface area (Å²) in [5.74, 6) is -1.96. The number of carbonyl (C=O) groups is 1. The Morgan fingerprint density at radius 2 is 2.33 bits per heavy atom. The highest BCUT2D eigenvalue weighted by Gasteiger charge is 2.19. The van der Waals surface area contributed by atoms with Gasteiger partial charge in [0.25, 0.3) is 0 Å². The van der Waals surface area contributed by atoms with Crippen LogP contribution in [-0.2, 0) is 0 Å². The van der Waals surface area contributed by atoms with E-state index >= 15 is 0 Å². The first-order valence-corrected chi connectivity index (χ1v) is 5.76. The average molecular weight is 289 g/mol. The molecule has 0 fully saturated rings. The second kappa shape index (κ2) is 4.83. The van der Waals surface area contributed by atoms with Crippen LogP contribution in [0.5, 0.6) is 6.01 Å². The van der Waals surface area contributed by atoms with Gasteiger partial charge in [-0.1, -0.05) is 11.6 Å². The maximum Gasteiger partial charge on any atom is 0.359 e. The number of ether oxygens (including phenoxy) is 1. The highest BCUT2D eigenvalue weighted by atomic mass is 35.5. The number of nitrogen functional groups attached to an aromatic ring is 1. The molecular formula is C9H6ClFN4O2S. The van der Waals surface area contributed by atoms with Crippen LogP contribution in [-0.4, -0.2) is 20.3 Å². The van der Waals surface area contributed by atoms with Gasteiger partial charge in [0, 0.05) is 0 Å². The summed E-state index contributed by atoms with van der Waals surface area (Å²) in [6.07, 6.45) is 0.810. The van der Waals surface area contributed by atoms with E-state index in [1.165, 1.54) is 0 Å². The van der Waals surface area contributed by atoms with Gasteiger partial charge < -0.3 is 10.5 Å². The van der Waals surface area contributed by atoms with Gasteiger partial charge in [-0.05, 0) is 18.5 Å². The quantitative estimate of drug-likeness (QED) is 0.848. The molecule has 9 heteroatoms. The van der Waals surface area contributed by atoms with Crippen LogP contribution >= 0.6 is 23.1 Å². The number of anilines is 1. The van der Waals surface area contributed by atoms with E-state index in [1.54, 1.807) is 6.92 Å². The fourth-order valence-electron chi connectivity index (χ4n) is 1.03. The topological polar surface area (TPSA) is 91.0 Å². The van der Waals surface area contributed by atoms with E-state index in [2.05, 4.69) is 14.3 Å². The number of rotatable bonds is 2. The minimum Gasteiger partial charge on any atom is -0.386 e. The van der Waals surface area contributed by atoms with Crippen molar-refractivity contribution in [3.05, 3.63) is 27.6 Å². The zero-order chi connectivity index (χ0) is 13.3. The third kappa shape index (κ3) is 2.39. The molecule has 2 heterocycles. The SMILES string of the molecule is Cc1nsc(C(=O)Oc2ncc(F)c(N)n2)c1Cl. The van der Waals surface area contributed by atoms with Gasteiger partial charge in [-0.25, -0.2) is 14.2 Å². The molecule has 0 atom stereocenters. The number of halogens is 2. The molecule has 0 aromatic carbocycles. The van der Waals surface area contributed by atoms with Crippen LogP contribution in [0.2, 0.25) is 5.02 Å². The zero-order valence-corrected chi connectivity index (χ0v) is 10.5. The smallest absolute Gasteiger partial charge is 0.359 e. The summed E-state index contributed by atoms with van der Waals surface area (Å²) in [5, 5.41) is 0.208. The van der Waals surface area contributed by atoms with Crippen LogP contribution in [0.1, 0.15) is 15.4 Å². The Balaban J connectivity index is 2.21. The van der Waals surface area contributed by atoms with Crippen molar-refractivity contribution in [1.29, 1.82) is 0 Å². The van der Waals surface area contributed by atoms with E-state index in [1.807, 2.05) is 0 Å². The number of carbonyl (C=O) groups excluding carboxylic acids is 1. The molecule has 6 nitrogen and oxygen atoms in total. The van der Waals surface area contributed by atoms with Crippen molar-refractivity contribution in [2.75, 3.05) is 5.73 Å². The first kappa shape index (κ1) is 12.7. The number of aromatic nitrogens is 3. The Morgan fingerprint density at radius 1 is 1.61 bits per heavy atom. The maximum absolute atomic E-state index is 12.8. The highest BCUT2D eigenvalue weighted by Crippen LogP contribution is 2.25. The summed E-state index contributed by atoms with van der Waals surface area (Å²) in [6.45, 7) is 1.65. The maximum atomic E-state index is 12.8. The van der Waals surface area contributed by atoms with Gasteiger partial charge in [0.05, 0.1) is 16.9 Å². The van der Waals surface area contributed by atoms with Gasteiger partial charge in [0.2, 0.25) is 0 Å². The lowest BCUT2D eigenvalue weighted by Gasteiger charge is -2.01. The standard InChI is InChI=1S/C9H6ClFN4O2S/c1-3-5(10)6(18-15-3)8(16)17-9-13-2-4(11)7(12)14-9/h2H,1H3,(H2,12,13,14). The van der Waals surface area contributed by atoms with E-state index in [4.69, 9.17) is 22.1 Å². The van der Waals surface area contributed by atoms with Gasteiger partial charge in [-0.15, -0.1) is 0 Å². The van der Waals surface area contributed by atoms with E-state index in [9.17, 15) is 9.18 Å². The number of nitrogens with two attached hydrogens (primary N) is 1. The van der Waals surface area contributed by atoms with Crippen molar-refractivity contribution >= 4 is 34.9 Å². The van der Waals surface area contributed by atoms with Crippen molar-refractivity contribution in [3.63, 3.8) is 0 Å². The molecule has 0 aliphatic carbocycles. The Kier molecular flexibility index (Phi) is 3.39. The van der Waals surface area contributed by atoms with E-state index in [0.29, 0.717) is 5.69 Å². The molecule has 2 aromatic heterocycles. The minimum absolute atomic E-state index is 0.126. The summed E-state index contributed by atoms with van der Waals surface area (Å²) in [7, 11) is 0. The molecule has 94 valence electrons. The zero-order valence-electron chi connectivity index (χ0n) is 8.98. The molecule has 0 saturated carbocycles. The van der Waals surface area contributed by atoms with Gasteiger partial charge in [-0.3, -0.25) is 0 Å². The van der Waals surface area contributed by atoms with Crippen LogP contribution in [0, 0.1) is 12.7 Å². The molecular weight excluding hydrogens is 283 g/mol. The molecule has 0 radical (unpaired) electrons. The largest absolute Gasteiger partial charge is 0.386 e. The lowest BCUT2D eigenvalue weighted by Crippen LogP contribution is -2.10. The van der Waals surface area contributed by atoms with Crippen molar-refractivity contribution in [3.8, 4) is 6.01 Å². The first-order chi connectivity index (χ1) is 8.49. The highest BCUT2D eigenvalue weighted by molar-refractivity contribution is 7.08. The van der Waals surface area contributed by atoms with Gasteiger partial charge in [-0.2, -0.15) is 9.36 Å². The monoisotopic (exact) mass is 288 g/mol. The molecule has 0 aliphatic rings. The van der Waals surface area contributed by atoms with E-state index in [-0.39, 0.29) is 15.9 Å². The normalized spacial score (nSPS) is 10.4. The van der Waals surface area contributed by atoms with E-state index in [0.717, 1.165) is 17.7 Å². The van der Waals surface area contributed by atoms with Crippen LogP contribution in [0.3, 0.4) is 0 Å². The minimum atomic E-state index is -0.790. The Morgan fingerprint density at radius 3 is 2.89 bits per heavy atom. The molecule has 0 unspecified atom stereocenters. The molecule has 2 N–H and O–H groups in total. The molecule has 0 amide bonds. The summed E-state index contributed by atoms with van der Waals surface area (Å²) in [6, 6.07) is -0.346. The molecule has 0 bridgehead atoms. The fraction of sp³-hybridized carbons (Fsp3) is 0.111. The number of hydrogen-bond acceptors (Lipinski definition) is 7. The first-order valence-electron chi connectivity index (χ1n) is 4.61. The summed E-state index contributed by atoms with van der Waals surface area (Å²) in [4.78, 5) is 18.8. The van der Waals surface area contributed by atoms with Gasteiger partial charge in [0.15, 0.2) is 16.5 Å². The molecule has 2 aromatic rings. The second-order valence-corrected chi connectivity index (χ2v) is 4.34. The number of hydrogen-bond donors (Lipinski definition) is 1. The second-order valence-electron chi connectivity index (χ2n) is 3.19. The summed E-state index contributed by atoms with van der Waals surface area (Å²) < 4.78 is 21.5. The Bertz CT molecular complexity index is 619.